The van der Waals surface area contributed by atoms with E-state index in [1.165, 1.54) is 24.8 Å². The molecule has 0 bridgehead atoms. The second kappa shape index (κ2) is 7.59. The average molecular weight is 357 g/mol. The molecular weight excluding hydrogens is 342 g/mol. The van der Waals surface area contributed by atoms with Gasteiger partial charge in [0.2, 0.25) is 11.9 Å². The van der Waals surface area contributed by atoms with Gasteiger partial charge in [0.05, 0.1) is 23.9 Å². The van der Waals surface area contributed by atoms with Crippen LogP contribution in [0.2, 0.25) is 0 Å². The molecule has 0 radical (unpaired) electrons. The lowest BCUT2D eigenvalue weighted by molar-refractivity contribution is 0.0696. The molecule has 0 saturated carbocycles. The Kier molecular flexibility index (Phi) is 5.06. The zero-order valence-electron chi connectivity index (χ0n) is 13.5. The summed E-state index contributed by atoms with van der Waals surface area (Å²) in [5.41, 5.74) is 8.73. The Morgan fingerprint density at radius 3 is 2.42 bits per heavy atom. The van der Waals surface area contributed by atoms with Crippen molar-refractivity contribution in [1.29, 1.82) is 0 Å². The number of anilines is 2. The predicted octanol–water partition coefficient (Wildman–Crippen LogP) is 0.594. The van der Waals surface area contributed by atoms with Crippen LogP contribution in [-0.4, -0.2) is 68.4 Å². The summed E-state index contributed by atoms with van der Waals surface area (Å²) in [4.78, 5) is 33.8. The maximum atomic E-state index is 10.9. The third kappa shape index (κ3) is 3.61. The summed E-state index contributed by atoms with van der Waals surface area (Å²) in [6.45, 7) is 1.34. The van der Waals surface area contributed by atoms with Crippen LogP contribution >= 0.6 is 0 Å². The Hall–Kier alpha value is -3.50. The highest BCUT2D eigenvalue weighted by molar-refractivity contribution is 5.86. The molecule has 1 fully saturated rings. The van der Waals surface area contributed by atoms with Gasteiger partial charge in [-0.05, 0) is 5.53 Å². The Balaban J connectivity index is 1.73. The molecule has 134 valence electrons. The predicted molar refractivity (Wildman–Crippen MR) is 90.3 cm³/mol. The molecule has 2 aromatic rings. The Bertz CT molecular complexity index is 821. The highest BCUT2D eigenvalue weighted by atomic mass is 16.4. The summed E-state index contributed by atoms with van der Waals surface area (Å²) in [7, 11) is 0. The third-order valence-electron chi connectivity index (χ3n) is 3.90. The lowest BCUT2D eigenvalue weighted by atomic mass is 10.2. The molecule has 0 unspecified atom stereocenters. The van der Waals surface area contributed by atoms with E-state index in [0.717, 1.165) is 0 Å². The Labute approximate surface area is 147 Å². The zero-order chi connectivity index (χ0) is 18.5. The fourth-order valence-corrected chi connectivity index (χ4v) is 2.62. The first-order valence-corrected chi connectivity index (χ1v) is 7.67. The van der Waals surface area contributed by atoms with Crippen LogP contribution in [0.15, 0.2) is 29.9 Å². The van der Waals surface area contributed by atoms with Gasteiger partial charge in [0.25, 0.3) is 0 Å². The van der Waals surface area contributed by atoms with Crippen LogP contribution in [0.1, 0.15) is 10.4 Å². The van der Waals surface area contributed by atoms with Gasteiger partial charge in [-0.2, -0.15) is 0 Å². The summed E-state index contributed by atoms with van der Waals surface area (Å²) in [5, 5.41) is 22.1. The normalized spacial score (nSPS) is 16.9. The topological polar surface area (TPSA) is 164 Å². The number of aromatic nitrogens is 4. The van der Waals surface area contributed by atoms with Gasteiger partial charge >= 0.3 is 5.97 Å². The molecule has 26 heavy (non-hydrogen) atoms. The van der Waals surface area contributed by atoms with Crippen LogP contribution < -0.4 is 9.80 Å². The number of hydrogen-bond donors (Lipinski definition) is 2. The maximum Gasteiger partial charge on any atom is 0.338 e. The summed E-state index contributed by atoms with van der Waals surface area (Å²) < 4.78 is 0. The van der Waals surface area contributed by atoms with Crippen LogP contribution in [0.4, 0.5) is 17.6 Å². The third-order valence-corrected chi connectivity index (χ3v) is 3.90. The van der Waals surface area contributed by atoms with Crippen molar-refractivity contribution in [3.05, 3.63) is 40.8 Å². The molecule has 2 aromatic heterocycles. The van der Waals surface area contributed by atoms with Crippen molar-refractivity contribution in [2.75, 3.05) is 36.0 Å². The number of aliphatic hydroxyl groups is 1. The minimum atomic E-state index is -1.09. The van der Waals surface area contributed by atoms with Crippen molar-refractivity contribution in [2.24, 2.45) is 5.11 Å². The first-order chi connectivity index (χ1) is 12.6. The molecule has 0 aliphatic carbocycles. The molecule has 12 nitrogen and oxygen atoms in total. The number of aliphatic hydroxyl groups excluding tert-OH is 1. The average Bonchev–Trinajstić information content (AvgIpc) is 2.68. The smallest absolute Gasteiger partial charge is 0.338 e. The summed E-state index contributed by atoms with van der Waals surface area (Å²) in [6, 6.07) is -0.295. The van der Waals surface area contributed by atoms with E-state index in [0.29, 0.717) is 37.2 Å². The molecule has 1 aliphatic rings. The van der Waals surface area contributed by atoms with Crippen molar-refractivity contribution < 1.29 is 15.0 Å². The van der Waals surface area contributed by atoms with Crippen molar-refractivity contribution in [3.63, 3.8) is 0 Å². The summed E-state index contributed by atoms with van der Waals surface area (Å²) >= 11 is 0. The number of azide groups is 1. The van der Waals surface area contributed by atoms with E-state index >= 15 is 0 Å². The van der Waals surface area contributed by atoms with Crippen molar-refractivity contribution in [3.8, 4) is 0 Å². The van der Waals surface area contributed by atoms with Crippen LogP contribution in [0.3, 0.4) is 0 Å². The van der Waals surface area contributed by atoms with E-state index in [2.05, 4.69) is 30.0 Å². The van der Waals surface area contributed by atoms with Gasteiger partial charge in [0.15, 0.2) is 0 Å². The van der Waals surface area contributed by atoms with Crippen LogP contribution in [0.5, 0.6) is 0 Å². The molecule has 0 aromatic carbocycles. The number of piperazine rings is 1. The molecule has 1 atom stereocenters. The van der Waals surface area contributed by atoms with Gasteiger partial charge in [0, 0.05) is 49.3 Å². The molecule has 3 rings (SSSR count). The second-order valence-electron chi connectivity index (χ2n) is 5.48. The Morgan fingerprint density at radius 1 is 1.19 bits per heavy atom. The maximum absolute atomic E-state index is 10.9. The van der Waals surface area contributed by atoms with Crippen molar-refractivity contribution in [1.82, 2.24) is 19.9 Å². The Morgan fingerprint density at radius 2 is 1.85 bits per heavy atom. The van der Waals surface area contributed by atoms with Crippen LogP contribution in [-0.2, 0) is 0 Å². The van der Waals surface area contributed by atoms with Gasteiger partial charge in [0.1, 0.15) is 0 Å². The lowest BCUT2D eigenvalue weighted by Gasteiger charge is -2.40. The first kappa shape index (κ1) is 17.3. The van der Waals surface area contributed by atoms with Crippen LogP contribution in [0.25, 0.3) is 10.4 Å². The monoisotopic (exact) mass is 357 g/mol. The molecule has 1 saturated heterocycles. The summed E-state index contributed by atoms with van der Waals surface area (Å²) in [6.07, 6.45) is 5.33. The van der Waals surface area contributed by atoms with E-state index in [1.807, 2.05) is 9.80 Å². The fraction of sp³-hybridized carbons (Fsp3) is 0.357. The molecule has 0 amide bonds. The van der Waals surface area contributed by atoms with Crippen molar-refractivity contribution in [2.45, 2.75) is 6.04 Å². The number of aromatic carboxylic acids is 1. The number of rotatable bonds is 5. The van der Waals surface area contributed by atoms with E-state index < -0.39 is 5.97 Å². The molecule has 1 aliphatic heterocycles. The van der Waals surface area contributed by atoms with Gasteiger partial charge in [-0.3, -0.25) is 0 Å². The quantitative estimate of drug-likeness (QED) is 0.442. The van der Waals surface area contributed by atoms with E-state index in [1.54, 1.807) is 0 Å². The highest BCUT2D eigenvalue weighted by Crippen LogP contribution is 2.20. The van der Waals surface area contributed by atoms with Gasteiger partial charge in [-0.1, -0.05) is 5.11 Å². The van der Waals surface area contributed by atoms with E-state index in [4.69, 9.17) is 10.6 Å². The lowest BCUT2D eigenvalue weighted by Crippen LogP contribution is -2.56. The minimum absolute atomic E-state index is 0.0135. The van der Waals surface area contributed by atoms with Gasteiger partial charge in [-0.25, -0.2) is 24.7 Å². The minimum Gasteiger partial charge on any atom is -0.478 e. The van der Waals surface area contributed by atoms with Crippen molar-refractivity contribution >= 4 is 23.6 Å². The number of nitrogens with zero attached hydrogens (tertiary/aromatic N) is 9. The summed E-state index contributed by atoms with van der Waals surface area (Å²) in [5.74, 6) is -0.272. The van der Waals surface area contributed by atoms with E-state index in [-0.39, 0.29) is 18.2 Å². The largest absolute Gasteiger partial charge is 0.478 e. The number of hydrogen-bond acceptors (Lipinski definition) is 9. The molecule has 12 heteroatoms. The second-order valence-corrected chi connectivity index (χ2v) is 5.48. The molecular formula is C14H15N9O3. The standard InChI is InChI=1S/C14H15N9O3/c15-21-20-10-5-18-14(19-6-10)23-2-1-22(7-11(23)8-24)13-16-3-9(4-17-13)12(25)26/h3-6,11,24H,1-2,7-8H2,(H,25,26)/t11-/m0/s1. The van der Waals surface area contributed by atoms with Gasteiger partial charge < -0.3 is 20.0 Å². The number of carboxylic acids is 1. The van der Waals surface area contributed by atoms with E-state index in [9.17, 15) is 9.90 Å². The highest BCUT2D eigenvalue weighted by Gasteiger charge is 2.29. The SMILES string of the molecule is [N-]=[N+]=Nc1cnc(N2CCN(c3ncc(C(=O)O)cn3)C[C@H]2CO)nc1. The van der Waals surface area contributed by atoms with Gasteiger partial charge in [-0.15, -0.1) is 0 Å². The molecule has 0 spiro atoms. The first-order valence-electron chi connectivity index (χ1n) is 7.67. The zero-order valence-corrected chi connectivity index (χ0v) is 13.5. The number of carboxylic acid groups (broad SMARTS) is 1. The fourth-order valence-electron chi connectivity index (χ4n) is 2.62. The van der Waals surface area contributed by atoms with Crippen LogP contribution in [0, 0.1) is 0 Å². The molecule has 3 heterocycles. The molecule has 2 N–H and O–H groups in total. The number of carbonyl (C=O) groups is 1.